The summed E-state index contributed by atoms with van der Waals surface area (Å²) in [5.41, 5.74) is 9.19. The van der Waals surface area contributed by atoms with Gasteiger partial charge in [0.1, 0.15) is 11.2 Å². The predicted octanol–water partition coefficient (Wildman–Crippen LogP) is 7.56. The van der Waals surface area contributed by atoms with Crippen LogP contribution in [-0.4, -0.2) is 20.7 Å². The van der Waals surface area contributed by atoms with E-state index in [1.165, 1.54) is 54.4 Å². The zero-order chi connectivity index (χ0) is 26.9. The molecular formula is C37H24BN3. The normalized spacial score (nSPS) is 11.9. The number of aromatic nitrogens is 3. The van der Waals surface area contributed by atoms with Crippen molar-refractivity contribution in [3.63, 3.8) is 0 Å². The van der Waals surface area contributed by atoms with E-state index in [4.69, 9.17) is 4.98 Å². The topological polar surface area (TPSA) is 22.2 Å². The van der Waals surface area contributed by atoms with Gasteiger partial charge < -0.3 is 4.48 Å². The monoisotopic (exact) mass is 521 g/mol. The second-order valence-corrected chi connectivity index (χ2v) is 10.8. The van der Waals surface area contributed by atoms with Gasteiger partial charge in [0.2, 0.25) is 0 Å². The number of hydrogen-bond donors (Lipinski definition) is 0. The number of hydrogen-bond acceptors (Lipinski definition) is 1. The molecule has 0 N–H and O–H groups in total. The molecule has 190 valence electrons. The Morgan fingerprint density at radius 2 is 0.951 bits per heavy atom. The van der Waals surface area contributed by atoms with Gasteiger partial charge in [-0.1, -0.05) is 138 Å². The maximum atomic E-state index is 5.49. The summed E-state index contributed by atoms with van der Waals surface area (Å²) in [6.45, 7) is -0.0105. The van der Waals surface area contributed by atoms with E-state index < -0.39 is 0 Å². The molecule has 0 aliphatic carbocycles. The minimum atomic E-state index is -0.0105. The summed E-state index contributed by atoms with van der Waals surface area (Å²) in [6.07, 6.45) is 0. The molecule has 0 saturated carbocycles. The minimum absolute atomic E-state index is 0.0105. The molecule has 4 heteroatoms. The van der Waals surface area contributed by atoms with E-state index in [2.05, 4.69) is 154 Å². The molecular weight excluding hydrogens is 497 g/mol. The van der Waals surface area contributed by atoms with Gasteiger partial charge in [-0.2, -0.15) is 0 Å². The van der Waals surface area contributed by atoms with Crippen molar-refractivity contribution in [3.8, 4) is 0 Å². The van der Waals surface area contributed by atoms with Crippen molar-refractivity contribution in [2.45, 2.75) is 0 Å². The van der Waals surface area contributed by atoms with E-state index in [1.54, 1.807) is 0 Å². The molecule has 3 heterocycles. The average Bonchev–Trinajstić information content (AvgIpc) is 3.60. The van der Waals surface area contributed by atoms with Crippen molar-refractivity contribution in [2.24, 2.45) is 0 Å². The fourth-order valence-corrected chi connectivity index (χ4v) is 6.89. The number of para-hydroxylation sites is 2. The van der Waals surface area contributed by atoms with Crippen molar-refractivity contribution in [1.82, 2.24) is 13.9 Å². The lowest BCUT2D eigenvalue weighted by Gasteiger charge is -2.19. The Morgan fingerprint density at radius 1 is 0.415 bits per heavy atom. The highest BCUT2D eigenvalue weighted by molar-refractivity contribution is 6.85. The van der Waals surface area contributed by atoms with Crippen molar-refractivity contribution in [1.29, 1.82) is 0 Å². The molecule has 0 saturated heterocycles. The Hall–Kier alpha value is -5.35. The maximum absolute atomic E-state index is 5.49. The molecule has 0 unspecified atom stereocenters. The van der Waals surface area contributed by atoms with Crippen molar-refractivity contribution < 1.29 is 0 Å². The third-order valence-electron chi connectivity index (χ3n) is 8.59. The van der Waals surface area contributed by atoms with Gasteiger partial charge in [0, 0.05) is 27.1 Å². The van der Waals surface area contributed by atoms with Crippen molar-refractivity contribution >= 4 is 77.9 Å². The number of nitrogens with zero attached hydrogens (tertiary/aromatic N) is 3. The Labute approximate surface area is 237 Å². The van der Waals surface area contributed by atoms with Gasteiger partial charge in [-0.05, 0) is 23.6 Å². The largest absolute Gasteiger partial charge is 0.374 e. The highest BCUT2D eigenvalue weighted by atomic mass is 15.0. The second kappa shape index (κ2) is 8.58. The number of benzene rings is 6. The highest BCUT2D eigenvalue weighted by Crippen LogP contribution is 2.38. The Kier molecular flexibility index (Phi) is 4.70. The Bertz CT molecular complexity index is 2380. The third-order valence-corrected chi connectivity index (χ3v) is 8.59. The van der Waals surface area contributed by atoms with E-state index in [1.807, 2.05) is 0 Å². The first-order valence-corrected chi connectivity index (χ1v) is 14.1. The van der Waals surface area contributed by atoms with Gasteiger partial charge in [0.15, 0.2) is 0 Å². The van der Waals surface area contributed by atoms with Gasteiger partial charge in [0.05, 0.1) is 16.6 Å². The van der Waals surface area contributed by atoms with Crippen LogP contribution in [0, 0.1) is 0 Å². The van der Waals surface area contributed by atoms with E-state index in [-0.39, 0.29) is 6.85 Å². The summed E-state index contributed by atoms with van der Waals surface area (Å²) in [5, 5.41) is 6.10. The number of imidazole rings is 1. The van der Waals surface area contributed by atoms with E-state index in [9.17, 15) is 0 Å². The summed E-state index contributed by atoms with van der Waals surface area (Å²) < 4.78 is 4.88. The highest BCUT2D eigenvalue weighted by Gasteiger charge is 2.28. The van der Waals surface area contributed by atoms with Gasteiger partial charge in [-0.15, -0.1) is 0 Å². The van der Waals surface area contributed by atoms with Crippen molar-refractivity contribution in [2.75, 3.05) is 0 Å². The zero-order valence-corrected chi connectivity index (χ0v) is 22.3. The van der Waals surface area contributed by atoms with Crippen LogP contribution in [-0.2, 0) is 0 Å². The molecule has 3 aromatic heterocycles. The first-order valence-electron chi connectivity index (χ1n) is 14.1. The molecule has 0 amide bonds. The van der Waals surface area contributed by atoms with E-state index in [0.29, 0.717) is 0 Å². The van der Waals surface area contributed by atoms with Gasteiger partial charge in [-0.3, -0.25) is 4.40 Å². The maximum Gasteiger partial charge on any atom is 0.328 e. The Morgan fingerprint density at radius 3 is 1.63 bits per heavy atom. The van der Waals surface area contributed by atoms with Crippen LogP contribution in [0.4, 0.5) is 0 Å². The summed E-state index contributed by atoms with van der Waals surface area (Å²) in [4.78, 5) is 5.49. The molecule has 0 fully saturated rings. The fraction of sp³-hybridized carbons (Fsp3) is 0. The fourth-order valence-electron chi connectivity index (χ4n) is 6.89. The first-order chi connectivity index (χ1) is 20.4. The standard InChI is InChI=1S/C37H24BN3/c1-3-13-25(14-4-1)38(26-15-5-2-6-16-26)41-33-22-12-10-19-29(33)30-23-24-34-35(36(30)41)39-37-31-20-8-7-17-27(31)28-18-9-11-21-32(28)40(34)37/h1-24H. The van der Waals surface area contributed by atoms with E-state index >= 15 is 0 Å². The SMILES string of the molecule is c1ccc(B(c2ccccc2)n2c3ccccc3c3ccc4c(nc5c6ccccc6c6ccccc6n45)c32)cc1. The van der Waals surface area contributed by atoms with Crippen LogP contribution >= 0.6 is 0 Å². The summed E-state index contributed by atoms with van der Waals surface area (Å²) in [6, 6.07) is 52.4. The lowest BCUT2D eigenvalue weighted by atomic mass is 9.50. The van der Waals surface area contributed by atoms with Crippen LogP contribution in [0.2, 0.25) is 0 Å². The molecule has 0 spiro atoms. The first kappa shape index (κ1) is 22.5. The predicted molar refractivity (Wildman–Crippen MR) is 174 cm³/mol. The van der Waals surface area contributed by atoms with Crippen LogP contribution in [0.3, 0.4) is 0 Å². The molecule has 0 aliphatic heterocycles. The van der Waals surface area contributed by atoms with E-state index in [0.717, 1.165) is 16.7 Å². The molecule has 0 atom stereocenters. The smallest absolute Gasteiger partial charge is 0.328 e. The number of rotatable bonds is 3. The summed E-state index contributed by atoms with van der Waals surface area (Å²) >= 11 is 0. The zero-order valence-electron chi connectivity index (χ0n) is 22.3. The van der Waals surface area contributed by atoms with Gasteiger partial charge >= 0.3 is 6.85 Å². The number of fused-ring (bicyclic) bond motifs is 12. The van der Waals surface area contributed by atoms with Crippen molar-refractivity contribution in [3.05, 3.63) is 146 Å². The van der Waals surface area contributed by atoms with Gasteiger partial charge in [0.25, 0.3) is 0 Å². The molecule has 3 nitrogen and oxygen atoms in total. The Balaban J connectivity index is 1.52. The van der Waals surface area contributed by atoms with Crippen LogP contribution < -0.4 is 10.9 Å². The molecule has 0 radical (unpaired) electrons. The third kappa shape index (κ3) is 3.13. The second-order valence-electron chi connectivity index (χ2n) is 10.8. The van der Waals surface area contributed by atoms with Crippen LogP contribution in [0.15, 0.2) is 146 Å². The molecule has 0 bridgehead atoms. The molecule has 9 rings (SSSR count). The lowest BCUT2D eigenvalue weighted by molar-refractivity contribution is 1.31. The summed E-state index contributed by atoms with van der Waals surface area (Å²) in [5.74, 6) is 0. The summed E-state index contributed by atoms with van der Waals surface area (Å²) in [7, 11) is 0. The van der Waals surface area contributed by atoms with Crippen LogP contribution in [0.25, 0.3) is 60.2 Å². The van der Waals surface area contributed by atoms with Gasteiger partial charge in [-0.25, -0.2) is 4.98 Å². The quantitative estimate of drug-likeness (QED) is 0.174. The molecule has 41 heavy (non-hydrogen) atoms. The lowest BCUT2D eigenvalue weighted by Crippen LogP contribution is -2.48. The molecule has 0 aliphatic rings. The minimum Gasteiger partial charge on any atom is -0.374 e. The molecule has 6 aromatic carbocycles. The van der Waals surface area contributed by atoms with Crippen LogP contribution in [0.5, 0.6) is 0 Å². The number of pyridine rings is 1. The van der Waals surface area contributed by atoms with Crippen LogP contribution in [0.1, 0.15) is 0 Å². The average molecular weight is 521 g/mol. The molecule has 9 aromatic rings.